The minimum absolute atomic E-state index is 0.663. The first-order valence-corrected chi connectivity index (χ1v) is 7.70. The van der Waals surface area contributed by atoms with Crippen LogP contribution in [0.1, 0.15) is 12.8 Å². The average molecular weight is 254 g/mol. The van der Waals surface area contributed by atoms with Crippen molar-refractivity contribution in [2.75, 3.05) is 19.3 Å². The van der Waals surface area contributed by atoms with E-state index in [-0.39, 0.29) is 0 Å². The smallest absolute Gasteiger partial charge is 0.0239 e. The highest BCUT2D eigenvalue weighted by atomic mass is 32.2. The normalized spacial score (nSPS) is 20.2. The van der Waals surface area contributed by atoms with E-state index in [1.807, 2.05) is 0 Å². The summed E-state index contributed by atoms with van der Waals surface area (Å²) in [6, 6.07) is 9.30. The average Bonchev–Trinajstić information content (AvgIpc) is 2.82. The van der Waals surface area contributed by atoms with Crippen molar-refractivity contribution in [1.82, 2.24) is 10.0 Å². The van der Waals surface area contributed by atoms with E-state index < -0.39 is 0 Å². The number of benzene rings is 1. The monoisotopic (exact) mass is 254 g/mol. The molecular weight excluding hydrogens is 236 g/mol. The van der Waals surface area contributed by atoms with Crippen LogP contribution >= 0.6 is 23.7 Å². The molecule has 0 radical (unpaired) electrons. The lowest BCUT2D eigenvalue weighted by atomic mass is 10.2. The maximum atomic E-state index is 3.49. The number of hydrogen-bond acceptors (Lipinski definition) is 4. The van der Waals surface area contributed by atoms with E-state index in [2.05, 4.69) is 40.6 Å². The van der Waals surface area contributed by atoms with Crippen LogP contribution in [0, 0.1) is 0 Å². The van der Waals surface area contributed by atoms with Crippen LogP contribution in [0.3, 0.4) is 0 Å². The molecule has 1 aromatic carbocycles. The molecule has 1 aromatic rings. The summed E-state index contributed by atoms with van der Waals surface area (Å²) in [5.41, 5.74) is 0. The second-order valence-corrected chi connectivity index (χ2v) is 5.77. The molecule has 0 aromatic heterocycles. The molecular formula is C12H18N2S2. The molecule has 4 heteroatoms. The molecule has 2 N–H and O–H groups in total. The van der Waals surface area contributed by atoms with E-state index in [0.717, 1.165) is 6.54 Å². The third kappa shape index (κ3) is 3.70. The Labute approximate surface area is 106 Å². The van der Waals surface area contributed by atoms with Gasteiger partial charge in [-0.15, -0.1) is 11.8 Å². The first-order valence-electron chi connectivity index (χ1n) is 5.65. The van der Waals surface area contributed by atoms with Gasteiger partial charge in [-0.25, -0.2) is 0 Å². The number of nitrogens with one attached hydrogen (secondary N) is 2. The summed E-state index contributed by atoms with van der Waals surface area (Å²) in [4.78, 5) is 2.62. The molecule has 1 atom stereocenters. The van der Waals surface area contributed by atoms with Crippen molar-refractivity contribution in [2.45, 2.75) is 28.7 Å². The van der Waals surface area contributed by atoms with Crippen molar-refractivity contribution in [3.8, 4) is 0 Å². The van der Waals surface area contributed by atoms with Crippen molar-refractivity contribution < 1.29 is 0 Å². The first-order chi connectivity index (χ1) is 7.88. The van der Waals surface area contributed by atoms with Crippen molar-refractivity contribution in [3.63, 3.8) is 0 Å². The Morgan fingerprint density at radius 2 is 2.31 bits per heavy atom. The largest absolute Gasteiger partial charge is 0.313 e. The summed E-state index contributed by atoms with van der Waals surface area (Å²) in [5, 5.41) is 3.49. The molecule has 1 aliphatic rings. The first kappa shape index (κ1) is 12.3. The van der Waals surface area contributed by atoms with Gasteiger partial charge in [0.2, 0.25) is 0 Å². The minimum atomic E-state index is 0.663. The van der Waals surface area contributed by atoms with Gasteiger partial charge >= 0.3 is 0 Å². The molecule has 0 unspecified atom stereocenters. The molecule has 0 saturated carbocycles. The van der Waals surface area contributed by atoms with Crippen LogP contribution in [0.25, 0.3) is 0 Å². The lowest BCUT2D eigenvalue weighted by Gasteiger charge is -2.10. The summed E-state index contributed by atoms with van der Waals surface area (Å²) in [6.45, 7) is 2.23. The van der Waals surface area contributed by atoms with Crippen LogP contribution in [0.2, 0.25) is 0 Å². The van der Waals surface area contributed by atoms with E-state index >= 15 is 0 Å². The lowest BCUT2D eigenvalue weighted by Crippen LogP contribution is -2.30. The highest BCUT2D eigenvalue weighted by Gasteiger charge is 2.12. The molecule has 0 spiro atoms. The fourth-order valence-electron chi connectivity index (χ4n) is 1.82. The van der Waals surface area contributed by atoms with Crippen LogP contribution in [0.5, 0.6) is 0 Å². The van der Waals surface area contributed by atoms with Gasteiger partial charge in [-0.3, -0.25) is 4.72 Å². The van der Waals surface area contributed by atoms with Gasteiger partial charge in [0.05, 0.1) is 0 Å². The van der Waals surface area contributed by atoms with Gasteiger partial charge in [0, 0.05) is 22.4 Å². The van der Waals surface area contributed by atoms with Crippen molar-refractivity contribution >= 4 is 23.7 Å². The quantitative estimate of drug-likeness (QED) is 0.623. The van der Waals surface area contributed by atoms with E-state index in [0.29, 0.717) is 6.04 Å². The Balaban J connectivity index is 1.75. The summed E-state index contributed by atoms with van der Waals surface area (Å²) >= 11 is 3.52. The highest BCUT2D eigenvalue weighted by Crippen LogP contribution is 2.21. The Hall–Kier alpha value is -0.160. The molecule has 1 saturated heterocycles. The third-order valence-electron chi connectivity index (χ3n) is 2.72. The SMILES string of the molecule is CSc1cccc(SNC[C@@H]2CCCN2)c1. The van der Waals surface area contributed by atoms with E-state index in [1.165, 1.54) is 29.2 Å². The predicted molar refractivity (Wildman–Crippen MR) is 73.1 cm³/mol. The fraction of sp³-hybridized carbons (Fsp3) is 0.500. The summed E-state index contributed by atoms with van der Waals surface area (Å²) in [5.74, 6) is 0. The molecule has 0 bridgehead atoms. The van der Waals surface area contributed by atoms with E-state index in [9.17, 15) is 0 Å². The van der Waals surface area contributed by atoms with Crippen LogP contribution in [-0.4, -0.2) is 25.4 Å². The Bertz CT molecular complexity index is 325. The van der Waals surface area contributed by atoms with Gasteiger partial charge in [-0.05, 0) is 55.8 Å². The maximum absolute atomic E-state index is 3.49. The minimum Gasteiger partial charge on any atom is -0.313 e. The van der Waals surface area contributed by atoms with Crippen LogP contribution in [0.4, 0.5) is 0 Å². The Kier molecular flexibility index (Phi) is 5.03. The third-order valence-corrected chi connectivity index (χ3v) is 4.25. The molecule has 1 fully saturated rings. The molecule has 0 aliphatic carbocycles. The zero-order chi connectivity index (χ0) is 11.2. The molecule has 88 valence electrons. The van der Waals surface area contributed by atoms with Crippen LogP contribution in [-0.2, 0) is 0 Å². The van der Waals surface area contributed by atoms with E-state index in [1.54, 1.807) is 23.7 Å². The number of rotatable bonds is 5. The topological polar surface area (TPSA) is 24.1 Å². The Morgan fingerprint density at radius 1 is 1.44 bits per heavy atom. The molecule has 0 amide bonds. The molecule has 1 aliphatic heterocycles. The molecule has 1 heterocycles. The van der Waals surface area contributed by atoms with Crippen molar-refractivity contribution in [2.24, 2.45) is 0 Å². The summed E-state index contributed by atoms with van der Waals surface area (Å²) in [7, 11) is 0. The van der Waals surface area contributed by atoms with E-state index in [4.69, 9.17) is 0 Å². The predicted octanol–water partition coefficient (Wildman–Crippen LogP) is 2.76. The zero-order valence-corrected chi connectivity index (χ0v) is 11.2. The van der Waals surface area contributed by atoms with Gasteiger partial charge in [-0.1, -0.05) is 6.07 Å². The summed E-state index contributed by atoms with van der Waals surface area (Å²) in [6.07, 6.45) is 4.73. The van der Waals surface area contributed by atoms with Crippen LogP contribution in [0.15, 0.2) is 34.1 Å². The fourth-order valence-corrected chi connectivity index (χ4v) is 3.14. The number of hydrogen-bond donors (Lipinski definition) is 2. The highest BCUT2D eigenvalue weighted by molar-refractivity contribution is 7.99. The van der Waals surface area contributed by atoms with Crippen molar-refractivity contribution in [1.29, 1.82) is 0 Å². The Morgan fingerprint density at radius 3 is 3.06 bits per heavy atom. The molecule has 2 rings (SSSR count). The summed E-state index contributed by atoms with van der Waals surface area (Å²) < 4.78 is 3.44. The van der Waals surface area contributed by atoms with Gasteiger partial charge < -0.3 is 5.32 Å². The number of thioether (sulfide) groups is 1. The second kappa shape index (κ2) is 6.55. The lowest BCUT2D eigenvalue weighted by molar-refractivity contribution is 0.600. The zero-order valence-electron chi connectivity index (χ0n) is 9.53. The van der Waals surface area contributed by atoms with Gasteiger partial charge in [-0.2, -0.15) is 0 Å². The van der Waals surface area contributed by atoms with Gasteiger partial charge in [0.15, 0.2) is 0 Å². The molecule has 2 nitrogen and oxygen atoms in total. The van der Waals surface area contributed by atoms with Crippen molar-refractivity contribution in [3.05, 3.63) is 24.3 Å². The van der Waals surface area contributed by atoms with Crippen LogP contribution < -0.4 is 10.0 Å². The van der Waals surface area contributed by atoms with Gasteiger partial charge in [0.25, 0.3) is 0 Å². The second-order valence-electron chi connectivity index (χ2n) is 3.92. The molecule has 16 heavy (non-hydrogen) atoms. The maximum Gasteiger partial charge on any atom is 0.0239 e. The van der Waals surface area contributed by atoms with Gasteiger partial charge in [0.1, 0.15) is 0 Å². The standard InChI is InChI=1S/C12H18N2S2/c1-15-11-5-2-6-12(8-11)16-14-9-10-4-3-7-13-10/h2,5-6,8,10,13-14H,3-4,7,9H2,1H3/t10-/m0/s1.